The lowest BCUT2D eigenvalue weighted by molar-refractivity contribution is 0.0370. The van der Waals surface area contributed by atoms with E-state index in [0.29, 0.717) is 19.0 Å². The number of ether oxygens (including phenoxy) is 1. The minimum absolute atomic E-state index is 0.00292. The average Bonchev–Trinajstić information content (AvgIpc) is 3.37. The molecule has 5 atom stereocenters. The number of amides is 1. The summed E-state index contributed by atoms with van der Waals surface area (Å²) in [5.41, 5.74) is 0. The highest BCUT2D eigenvalue weighted by molar-refractivity contribution is 5.76. The Morgan fingerprint density at radius 1 is 1.39 bits per heavy atom. The van der Waals surface area contributed by atoms with E-state index in [1.54, 1.807) is 11.1 Å². The summed E-state index contributed by atoms with van der Waals surface area (Å²) in [7, 11) is 0. The monoisotopic (exact) mass is 381 g/mol. The van der Waals surface area contributed by atoms with Crippen LogP contribution in [0.4, 0.5) is 4.79 Å². The van der Waals surface area contributed by atoms with Gasteiger partial charge in [0, 0.05) is 19.0 Å². The van der Waals surface area contributed by atoms with Crippen LogP contribution in [0.5, 0.6) is 0 Å². The molecule has 1 saturated carbocycles. The van der Waals surface area contributed by atoms with Crippen LogP contribution in [0.2, 0.25) is 0 Å². The van der Waals surface area contributed by atoms with Crippen molar-refractivity contribution in [2.45, 2.75) is 50.4 Å². The Kier molecular flexibility index (Phi) is 4.07. The van der Waals surface area contributed by atoms with Gasteiger partial charge in [0.15, 0.2) is 5.82 Å². The van der Waals surface area contributed by atoms with Crippen LogP contribution in [0.3, 0.4) is 0 Å². The number of hydrogen-bond donors (Lipinski definition) is 1. The highest BCUT2D eigenvalue weighted by Crippen LogP contribution is 2.44. The Bertz CT molecular complexity index is 879. The third kappa shape index (κ3) is 2.66. The summed E-state index contributed by atoms with van der Waals surface area (Å²) in [4.78, 5) is 18.4. The van der Waals surface area contributed by atoms with E-state index in [2.05, 4.69) is 44.1 Å². The number of nitrogens with one attached hydrogen (secondary N) is 1. The van der Waals surface area contributed by atoms with E-state index in [1.807, 2.05) is 6.20 Å². The van der Waals surface area contributed by atoms with Crippen LogP contribution in [0.1, 0.15) is 49.8 Å². The number of aliphatic imine (C=N–C) groups is 1. The summed E-state index contributed by atoms with van der Waals surface area (Å²) in [6.07, 6.45) is 7.97. The van der Waals surface area contributed by atoms with Crippen molar-refractivity contribution >= 4 is 12.3 Å². The maximum absolute atomic E-state index is 12.3. The SMILES string of the molecule is CC[C@@H]1C[C@H](OC(=O)N2CC(C#N)C2)C[C@@H]1c1nnc2n1C1C=CNC1N=C2. The van der Waals surface area contributed by atoms with Crippen LogP contribution in [-0.4, -0.2) is 57.3 Å². The van der Waals surface area contributed by atoms with Gasteiger partial charge in [-0.25, -0.2) is 4.79 Å². The van der Waals surface area contributed by atoms with Crippen molar-refractivity contribution in [3.05, 3.63) is 23.9 Å². The molecule has 1 N–H and O–H groups in total. The molecule has 3 aliphatic heterocycles. The molecule has 146 valence electrons. The normalized spacial score (nSPS) is 33.0. The molecule has 1 amide bonds. The van der Waals surface area contributed by atoms with Gasteiger partial charge in [0.05, 0.1) is 24.2 Å². The fraction of sp³-hybridized carbons (Fsp3) is 0.632. The maximum Gasteiger partial charge on any atom is 0.410 e. The van der Waals surface area contributed by atoms with Crippen molar-refractivity contribution < 1.29 is 9.53 Å². The molecule has 9 heteroatoms. The molecule has 9 nitrogen and oxygen atoms in total. The van der Waals surface area contributed by atoms with Gasteiger partial charge in [-0.1, -0.05) is 13.3 Å². The van der Waals surface area contributed by atoms with Crippen molar-refractivity contribution in [2.75, 3.05) is 13.1 Å². The molecule has 1 saturated heterocycles. The fourth-order valence-corrected chi connectivity index (χ4v) is 4.79. The number of carbonyl (C=O) groups excluding carboxylic acids is 1. The summed E-state index contributed by atoms with van der Waals surface area (Å²) >= 11 is 0. The van der Waals surface area contributed by atoms with Gasteiger partial charge in [-0.2, -0.15) is 5.26 Å². The van der Waals surface area contributed by atoms with Crippen molar-refractivity contribution in [1.82, 2.24) is 25.0 Å². The Morgan fingerprint density at radius 3 is 3.04 bits per heavy atom. The molecule has 4 aliphatic rings. The van der Waals surface area contributed by atoms with Crippen molar-refractivity contribution in [3.8, 4) is 6.07 Å². The second kappa shape index (κ2) is 6.62. The second-order valence-corrected chi connectivity index (χ2v) is 8.01. The number of fused-ring (bicyclic) bond motifs is 3. The number of carbonyl (C=O) groups is 1. The minimum Gasteiger partial charge on any atom is -0.446 e. The van der Waals surface area contributed by atoms with Crippen LogP contribution in [0, 0.1) is 23.2 Å². The molecule has 0 spiro atoms. The van der Waals surface area contributed by atoms with Gasteiger partial charge in [0.2, 0.25) is 0 Å². The van der Waals surface area contributed by atoms with Crippen LogP contribution in [0.15, 0.2) is 17.3 Å². The quantitative estimate of drug-likeness (QED) is 0.851. The molecule has 4 heterocycles. The molecule has 0 bridgehead atoms. The van der Waals surface area contributed by atoms with Crippen LogP contribution in [0.25, 0.3) is 0 Å². The number of aromatic nitrogens is 3. The third-order valence-corrected chi connectivity index (χ3v) is 6.38. The molecule has 2 fully saturated rings. The number of nitrogens with zero attached hydrogens (tertiary/aromatic N) is 6. The molecule has 28 heavy (non-hydrogen) atoms. The average molecular weight is 381 g/mol. The van der Waals surface area contributed by atoms with E-state index >= 15 is 0 Å². The maximum atomic E-state index is 12.3. The summed E-state index contributed by atoms with van der Waals surface area (Å²) in [5, 5.41) is 21.0. The third-order valence-electron chi connectivity index (χ3n) is 6.38. The largest absolute Gasteiger partial charge is 0.446 e. The number of rotatable bonds is 3. The Labute approximate surface area is 163 Å². The van der Waals surface area contributed by atoms with Crippen LogP contribution < -0.4 is 5.32 Å². The van der Waals surface area contributed by atoms with Gasteiger partial charge in [-0.05, 0) is 31.0 Å². The highest BCUT2D eigenvalue weighted by Gasteiger charge is 2.43. The summed E-state index contributed by atoms with van der Waals surface area (Å²) in [6.45, 7) is 3.12. The Hall–Kier alpha value is -2.89. The van der Waals surface area contributed by atoms with Gasteiger partial charge < -0.3 is 15.0 Å². The molecular weight excluding hydrogens is 358 g/mol. The summed E-state index contributed by atoms with van der Waals surface area (Å²) in [6, 6.07) is 2.27. The zero-order valence-electron chi connectivity index (χ0n) is 15.7. The molecule has 1 aliphatic carbocycles. The van der Waals surface area contributed by atoms with Crippen LogP contribution in [-0.2, 0) is 4.74 Å². The molecular formula is C19H23N7O2. The van der Waals surface area contributed by atoms with Gasteiger partial charge >= 0.3 is 6.09 Å². The van der Waals surface area contributed by atoms with E-state index < -0.39 is 0 Å². The van der Waals surface area contributed by atoms with E-state index in [4.69, 9.17) is 10.00 Å². The van der Waals surface area contributed by atoms with E-state index in [1.165, 1.54) is 0 Å². The second-order valence-electron chi connectivity index (χ2n) is 8.01. The van der Waals surface area contributed by atoms with E-state index in [-0.39, 0.29) is 36.2 Å². The smallest absolute Gasteiger partial charge is 0.410 e. The molecule has 0 radical (unpaired) electrons. The topological polar surface area (TPSA) is 108 Å². The van der Waals surface area contributed by atoms with Gasteiger partial charge in [0.1, 0.15) is 18.1 Å². The Morgan fingerprint density at radius 2 is 2.25 bits per heavy atom. The summed E-state index contributed by atoms with van der Waals surface area (Å²) < 4.78 is 7.95. The molecule has 1 aromatic heterocycles. The first-order valence-electron chi connectivity index (χ1n) is 9.93. The zero-order chi connectivity index (χ0) is 19.3. The van der Waals surface area contributed by atoms with Crippen LogP contribution >= 0.6 is 0 Å². The predicted octanol–water partition coefficient (Wildman–Crippen LogP) is 1.56. The molecule has 5 rings (SSSR count). The lowest BCUT2D eigenvalue weighted by Gasteiger charge is -2.34. The van der Waals surface area contributed by atoms with Crippen molar-refractivity contribution in [3.63, 3.8) is 0 Å². The fourth-order valence-electron chi connectivity index (χ4n) is 4.79. The van der Waals surface area contributed by atoms with Gasteiger partial charge in [-0.3, -0.25) is 9.56 Å². The van der Waals surface area contributed by atoms with Crippen molar-refractivity contribution in [1.29, 1.82) is 5.26 Å². The van der Waals surface area contributed by atoms with Crippen molar-refractivity contribution in [2.24, 2.45) is 16.8 Å². The molecule has 0 aromatic carbocycles. The zero-order valence-corrected chi connectivity index (χ0v) is 15.7. The number of nitriles is 1. The van der Waals surface area contributed by atoms with Gasteiger partial charge in [0.25, 0.3) is 0 Å². The summed E-state index contributed by atoms with van der Waals surface area (Å²) in [5.74, 6) is 2.28. The minimum atomic E-state index is -0.301. The van der Waals surface area contributed by atoms with E-state index in [0.717, 1.165) is 30.9 Å². The lowest BCUT2D eigenvalue weighted by atomic mass is 9.92. The Balaban J connectivity index is 1.32. The van der Waals surface area contributed by atoms with Gasteiger partial charge in [-0.15, -0.1) is 10.2 Å². The highest BCUT2D eigenvalue weighted by atomic mass is 16.6. The lowest BCUT2D eigenvalue weighted by Crippen LogP contribution is -2.50. The first kappa shape index (κ1) is 17.2. The number of likely N-dealkylation sites (tertiary alicyclic amines) is 1. The van der Waals surface area contributed by atoms with E-state index in [9.17, 15) is 4.79 Å². The number of hydrogen-bond acceptors (Lipinski definition) is 7. The first-order chi connectivity index (χ1) is 13.7. The predicted molar refractivity (Wildman–Crippen MR) is 99.4 cm³/mol. The first-order valence-corrected chi connectivity index (χ1v) is 9.93. The standard InChI is InChI=1S/C19H23N7O2/c1-2-12-5-13(28-19(27)25-9-11(7-20)10-25)6-14(12)18-24-23-16-8-22-17-15(26(16)18)3-4-21-17/h3-4,8,11-15,17,21H,2,5-6,9-10H2,1H3/t12-,13+,14+,15?,17?/m1/s1. The molecule has 1 aromatic rings. The molecule has 2 unspecified atom stereocenters.